The Kier molecular flexibility index (Phi) is 8.18. The van der Waals surface area contributed by atoms with E-state index in [2.05, 4.69) is 5.32 Å². The third kappa shape index (κ3) is 6.49. The summed E-state index contributed by atoms with van der Waals surface area (Å²) in [7, 11) is 3.85. The van der Waals surface area contributed by atoms with Crippen molar-refractivity contribution in [2.45, 2.75) is 25.9 Å². The van der Waals surface area contributed by atoms with Crippen LogP contribution in [0.5, 0.6) is 0 Å². The maximum absolute atomic E-state index is 12.3. The topological polar surface area (TPSA) is 82.4 Å². The Hall–Kier alpha value is -3.59. The normalized spacial score (nSPS) is 13.0. The molecule has 0 fully saturated rings. The number of nitriles is 1. The SMILES string of the molecule is C[C@H](OC(=O)/C(C#N)=C/c1ccc(N(C)C)cc1)C(=O)NC[C@H](C)c1ccccc1. The molecule has 0 aliphatic carbocycles. The van der Waals surface area contributed by atoms with Crippen molar-refractivity contribution < 1.29 is 14.3 Å². The van der Waals surface area contributed by atoms with Crippen LogP contribution in [0.1, 0.15) is 30.9 Å². The number of nitrogens with one attached hydrogen (secondary N) is 1. The number of ether oxygens (including phenoxy) is 1. The highest BCUT2D eigenvalue weighted by Crippen LogP contribution is 2.16. The lowest BCUT2D eigenvalue weighted by atomic mass is 10.0. The van der Waals surface area contributed by atoms with Crippen molar-refractivity contribution in [1.29, 1.82) is 5.26 Å². The van der Waals surface area contributed by atoms with E-state index in [1.54, 1.807) is 12.1 Å². The minimum Gasteiger partial charge on any atom is -0.448 e. The number of amides is 1. The van der Waals surface area contributed by atoms with Gasteiger partial charge in [-0.3, -0.25) is 4.79 Å². The van der Waals surface area contributed by atoms with Crippen LogP contribution in [0, 0.1) is 11.3 Å². The van der Waals surface area contributed by atoms with E-state index in [-0.39, 0.29) is 11.5 Å². The minimum absolute atomic E-state index is 0.123. The molecule has 0 saturated carbocycles. The largest absolute Gasteiger partial charge is 0.448 e. The lowest BCUT2D eigenvalue weighted by Crippen LogP contribution is -2.37. The number of rotatable bonds is 8. The molecule has 0 radical (unpaired) electrons. The standard InChI is InChI=1S/C24H27N3O3/c1-17(20-8-6-5-7-9-20)16-26-23(28)18(2)30-24(29)21(15-25)14-19-10-12-22(13-11-19)27(3)4/h5-14,17-18H,16H2,1-4H3,(H,26,28)/b21-14+/t17-,18-/m0/s1. The maximum Gasteiger partial charge on any atom is 0.349 e. The molecule has 2 rings (SSSR count). The summed E-state index contributed by atoms with van der Waals surface area (Å²) in [6, 6.07) is 19.1. The van der Waals surface area contributed by atoms with E-state index in [1.165, 1.54) is 13.0 Å². The second-order valence-electron chi connectivity index (χ2n) is 7.26. The van der Waals surface area contributed by atoms with Gasteiger partial charge in [-0.1, -0.05) is 49.4 Å². The predicted molar refractivity (Wildman–Crippen MR) is 118 cm³/mol. The molecule has 2 atom stereocenters. The second kappa shape index (κ2) is 10.8. The highest BCUT2D eigenvalue weighted by atomic mass is 16.5. The molecule has 1 amide bonds. The quantitative estimate of drug-likeness (QED) is 0.413. The van der Waals surface area contributed by atoms with Gasteiger partial charge in [-0.05, 0) is 42.2 Å². The molecule has 0 heterocycles. The number of carbonyl (C=O) groups is 2. The van der Waals surface area contributed by atoms with Crippen LogP contribution in [0.3, 0.4) is 0 Å². The molecule has 0 aromatic heterocycles. The van der Waals surface area contributed by atoms with Gasteiger partial charge < -0.3 is 15.0 Å². The highest BCUT2D eigenvalue weighted by molar-refractivity contribution is 5.99. The van der Waals surface area contributed by atoms with Crippen LogP contribution in [0.15, 0.2) is 60.2 Å². The molecule has 0 aliphatic rings. The van der Waals surface area contributed by atoms with Crippen LogP contribution in [-0.4, -0.2) is 38.6 Å². The first-order valence-corrected chi connectivity index (χ1v) is 9.74. The fraction of sp³-hybridized carbons (Fsp3) is 0.292. The summed E-state index contributed by atoms with van der Waals surface area (Å²) in [6.45, 7) is 3.91. The Morgan fingerprint density at radius 2 is 1.73 bits per heavy atom. The van der Waals surface area contributed by atoms with Crippen LogP contribution in [-0.2, 0) is 14.3 Å². The van der Waals surface area contributed by atoms with E-state index < -0.39 is 18.0 Å². The fourth-order valence-corrected chi connectivity index (χ4v) is 2.75. The summed E-state index contributed by atoms with van der Waals surface area (Å²) < 4.78 is 5.19. The van der Waals surface area contributed by atoms with Gasteiger partial charge in [0.15, 0.2) is 6.10 Å². The second-order valence-corrected chi connectivity index (χ2v) is 7.26. The molecule has 2 aromatic carbocycles. The molecule has 0 unspecified atom stereocenters. The van der Waals surface area contributed by atoms with Crippen molar-refractivity contribution in [2.24, 2.45) is 0 Å². The molecule has 0 spiro atoms. The van der Waals surface area contributed by atoms with E-state index in [1.807, 2.05) is 74.5 Å². The van der Waals surface area contributed by atoms with Gasteiger partial charge >= 0.3 is 5.97 Å². The summed E-state index contributed by atoms with van der Waals surface area (Å²) >= 11 is 0. The maximum atomic E-state index is 12.3. The predicted octanol–water partition coefficient (Wildman–Crippen LogP) is 3.51. The molecule has 6 nitrogen and oxygen atoms in total. The smallest absolute Gasteiger partial charge is 0.349 e. The van der Waals surface area contributed by atoms with E-state index in [0.717, 1.165) is 11.3 Å². The Morgan fingerprint density at radius 3 is 2.30 bits per heavy atom. The van der Waals surface area contributed by atoms with E-state index >= 15 is 0 Å². The zero-order valence-corrected chi connectivity index (χ0v) is 17.8. The summed E-state index contributed by atoms with van der Waals surface area (Å²) in [5.74, 6) is -1.11. The van der Waals surface area contributed by atoms with Crippen molar-refractivity contribution in [3.05, 3.63) is 71.3 Å². The van der Waals surface area contributed by atoms with Gasteiger partial charge in [-0.2, -0.15) is 5.26 Å². The van der Waals surface area contributed by atoms with E-state index in [0.29, 0.717) is 12.1 Å². The lowest BCUT2D eigenvalue weighted by Gasteiger charge is -2.16. The van der Waals surface area contributed by atoms with E-state index in [9.17, 15) is 14.9 Å². The van der Waals surface area contributed by atoms with Crippen molar-refractivity contribution in [3.8, 4) is 6.07 Å². The van der Waals surface area contributed by atoms with Gasteiger partial charge in [-0.25, -0.2) is 4.79 Å². The first-order chi connectivity index (χ1) is 14.3. The third-order valence-electron chi connectivity index (χ3n) is 4.66. The van der Waals surface area contributed by atoms with Gasteiger partial charge in [0.25, 0.3) is 5.91 Å². The van der Waals surface area contributed by atoms with Gasteiger partial charge in [0, 0.05) is 26.3 Å². The number of esters is 1. The Balaban J connectivity index is 1.93. The van der Waals surface area contributed by atoms with Gasteiger partial charge in [-0.15, -0.1) is 0 Å². The Morgan fingerprint density at radius 1 is 1.10 bits per heavy atom. The number of benzene rings is 2. The fourth-order valence-electron chi connectivity index (χ4n) is 2.75. The van der Waals surface area contributed by atoms with Gasteiger partial charge in [0.1, 0.15) is 11.6 Å². The summed E-state index contributed by atoms with van der Waals surface area (Å²) in [4.78, 5) is 26.6. The molecule has 0 saturated heterocycles. The van der Waals surface area contributed by atoms with Crippen molar-refractivity contribution in [2.75, 3.05) is 25.5 Å². The summed E-state index contributed by atoms with van der Waals surface area (Å²) in [6.07, 6.45) is 0.442. The van der Waals surface area contributed by atoms with Crippen LogP contribution in [0.25, 0.3) is 6.08 Å². The molecular formula is C24H27N3O3. The third-order valence-corrected chi connectivity index (χ3v) is 4.66. The van der Waals surface area contributed by atoms with Crippen LogP contribution >= 0.6 is 0 Å². The number of carbonyl (C=O) groups excluding carboxylic acids is 2. The van der Waals surface area contributed by atoms with Gasteiger partial charge in [0.05, 0.1) is 0 Å². The zero-order valence-electron chi connectivity index (χ0n) is 17.8. The Labute approximate surface area is 177 Å². The zero-order chi connectivity index (χ0) is 22.1. The minimum atomic E-state index is -1.01. The Bertz CT molecular complexity index is 928. The average molecular weight is 405 g/mol. The number of nitrogens with zero attached hydrogens (tertiary/aromatic N) is 2. The van der Waals surface area contributed by atoms with Crippen LogP contribution < -0.4 is 10.2 Å². The number of hydrogen-bond donors (Lipinski definition) is 1. The van der Waals surface area contributed by atoms with Crippen molar-refractivity contribution in [1.82, 2.24) is 5.32 Å². The number of anilines is 1. The van der Waals surface area contributed by atoms with Gasteiger partial charge in [0.2, 0.25) is 0 Å². The summed E-state index contributed by atoms with van der Waals surface area (Å²) in [5.41, 5.74) is 2.65. The van der Waals surface area contributed by atoms with Crippen LogP contribution in [0.2, 0.25) is 0 Å². The molecule has 0 aliphatic heterocycles. The molecular weight excluding hydrogens is 378 g/mol. The summed E-state index contributed by atoms with van der Waals surface area (Å²) in [5, 5.41) is 12.1. The monoisotopic (exact) mass is 405 g/mol. The van der Waals surface area contributed by atoms with Crippen molar-refractivity contribution in [3.63, 3.8) is 0 Å². The molecule has 6 heteroatoms. The highest BCUT2D eigenvalue weighted by Gasteiger charge is 2.21. The first-order valence-electron chi connectivity index (χ1n) is 9.74. The molecule has 1 N–H and O–H groups in total. The van der Waals surface area contributed by atoms with Crippen molar-refractivity contribution >= 4 is 23.6 Å². The molecule has 30 heavy (non-hydrogen) atoms. The molecule has 156 valence electrons. The number of hydrogen-bond acceptors (Lipinski definition) is 5. The average Bonchev–Trinajstić information content (AvgIpc) is 2.76. The van der Waals surface area contributed by atoms with Crippen LogP contribution in [0.4, 0.5) is 5.69 Å². The first kappa shape index (κ1) is 22.7. The lowest BCUT2D eigenvalue weighted by molar-refractivity contribution is -0.150. The molecule has 2 aromatic rings. The van der Waals surface area contributed by atoms with E-state index in [4.69, 9.17) is 4.74 Å². The molecule has 0 bridgehead atoms.